The molecule has 0 aliphatic carbocycles. The lowest BCUT2D eigenvalue weighted by Crippen LogP contribution is -2.47. The predicted molar refractivity (Wildman–Crippen MR) is 245 cm³/mol. The van der Waals surface area contributed by atoms with Crippen molar-refractivity contribution >= 4 is 23.8 Å². The van der Waals surface area contributed by atoms with Gasteiger partial charge in [-0.05, 0) is 83.1 Å². The number of allylic oxidation sites excluding steroid dienone is 7. The number of hydrogen-bond donors (Lipinski definition) is 4. The van der Waals surface area contributed by atoms with Gasteiger partial charge < -0.3 is 25.6 Å². The molecule has 2 atom stereocenters. The van der Waals surface area contributed by atoms with Crippen LogP contribution in [0.3, 0.4) is 0 Å². The van der Waals surface area contributed by atoms with E-state index in [2.05, 4.69) is 67.0 Å². The van der Waals surface area contributed by atoms with Gasteiger partial charge in [0.2, 0.25) is 11.8 Å². The van der Waals surface area contributed by atoms with Gasteiger partial charge in [0.05, 0.1) is 13.2 Å². The topological polar surface area (TPSA) is 142 Å². The zero-order chi connectivity index (χ0) is 43.3. The fourth-order valence-corrected chi connectivity index (χ4v) is 6.81. The summed E-state index contributed by atoms with van der Waals surface area (Å²) >= 11 is 0. The second kappa shape index (κ2) is 44.4. The highest BCUT2D eigenvalue weighted by molar-refractivity contribution is 5.87. The Balaban J connectivity index is 4.18. The fraction of sp³-hybridized carbons (Fsp3) is 0.760. The number of aliphatic carboxylic acids is 1. The second-order valence-corrected chi connectivity index (χ2v) is 16.2. The van der Waals surface area contributed by atoms with E-state index in [0.717, 1.165) is 57.8 Å². The Morgan fingerprint density at radius 3 is 1.47 bits per heavy atom. The van der Waals surface area contributed by atoms with Gasteiger partial charge in [0.25, 0.3) is 0 Å². The summed E-state index contributed by atoms with van der Waals surface area (Å²) in [5.74, 6) is -2.42. The van der Waals surface area contributed by atoms with Gasteiger partial charge in [-0.1, -0.05) is 172 Å². The average molecular weight is 829 g/mol. The number of rotatable bonds is 43. The number of aliphatic hydroxyl groups excluding tert-OH is 1. The number of unbranched alkanes of at least 4 members (excludes halogenated alkanes) is 23. The Morgan fingerprint density at radius 2 is 0.966 bits per heavy atom. The van der Waals surface area contributed by atoms with Gasteiger partial charge >= 0.3 is 11.9 Å². The highest BCUT2D eigenvalue weighted by Gasteiger charge is 2.18. The maximum absolute atomic E-state index is 12.8. The van der Waals surface area contributed by atoms with E-state index >= 15 is 0 Å². The maximum Gasteiger partial charge on any atom is 0.328 e. The van der Waals surface area contributed by atoms with Crippen LogP contribution in [0.25, 0.3) is 0 Å². The summed E-state index contributed by atoms with van der Waals surface area (Å²) in [6.07, 6.45) is 53.1. The summed E-state index contributed by atoms with van der Waals surface area (Å²) in [7, 11) is 0. The van der Waals surface area contributed by atoms with Gasteiger partial charge in [-0.3, -0.25) is 14.4 Å². The van der Waals surface area contributed by atoms with Crippen LogP contribution in [0.15, 0.2) is 48.6 Å². The van der Waals surface area contributed by atoms with Gasteiger partial charge in [0.1, 0.15) is 12.1 Å². The van der Waals surface area contributed by atoms with Crippen LogP contribution >= 0.6 is 0 Å². The number of nitrogens with one attached hydrogen (secondary N) is 2. The third kappa shape index (κ3) is 41.3. The highest BCUT2D eigenvalue weighted by Crippen LogP contribution is 2.16. The number of carbonyl (C=O) groups excluding carboxylic acids is 3. The Labute approximate surface area is 360 Å². The minimum atomic E-state index is -1.39. The maximum atomic E-state index is 12.8. The third-order valence-corrected chi connectivity index (χ3v) is 10.5. The van der Waals surface area contributed by atoms with Gasteiger partial charge in [0, 0.05) is 12.8 Å². The lowest BCUT2D eigenvalue weighted by molar-refractivity contribution is -0.147. The summed E-state index contributed by atoms with van der Waals surface area (Å²) in [4.78, 5) is 47.6. The summed E-state index contributed by atoms with van der Waals surface area (Å²) in [5.41, 5.74) is 0. The van der Waals surface area contributed by atoms with Crippen LogP contribution in [0.1, 0.15) is 219 Å². The molecule has 0 bridgehead atoms. The van der Waals surface area contributed by atoms with E-state index in [-0.39, 0.29) is 30.9 Å². The van der Waals surface area contributed by atoms with Crippen LogP contribution in [0.5, 0.6) is 0 Å². The van der Waals surface area contributed by atoms with E-state index in [0.29, 0.717) is 12.8 Å². The van der Waals surface area contributed by atoms with Crippen LogP contribution in [0, 0.1) is 0 Å². The first kappa shape index (κ1) is 55.8. The summed E-state index contributed by atoms with van der Waals surface area (Å²) in [6, 6.07) is -1.39. The molecular weight excluding hydrogens is 741 g/mol. The predicted octanol–water partition coefficient (Wildman–Crippen LogP) is 12.3. The zero-order valence-corrected chi connectivity index (χ0v) is 37.8. The van der Waals surface area contributed by atoms with Gasteiger partial charge in [0.15, 0.2) is 0 Å². The van der Waals surface area contributed by atoms with Crippen LogP contribution in [0.4, 0.5) is 0 Å². The number of ether oxygens (including phenoxy) is 1. The molecule has 0 fully saturated rings. The Bertz CT molecular complexity index is 1130. The molecule has 0 aromatic rings. The Kier molecular flexibility index (Phi) is 41.9. The summed E-state index contributed by atoms with van der Waals surface area (Å²) in [5, 5.41) is 22.6. The van der Waals surface area contributed by atoms with Crippen molar-refractivity contribution in [1.29, 1.82) is 0 Å². The standard InChI is InChI=1S/C50H88N2O7/c1-3-5-7-9-11-13-14-15-16-17-18-19-20-21-22-23-24-25-26-28-30-32-38-42-49(56)59-45(39-35-31-29-27-12-10-8-6-4-2)40-36-33-34-37-41-47(54)51-43-48(55)52-46(44-53)50(57)58/h14-15,17-18,27,29,35,39,45-46,53H,3-13,16,19-26,28,30-34,36-38,40-44H2,1-2H3,(H,51,54)(H,52,55)(H,57,58)/b15-14-,18-17-,29-27-,39-35-. The minimum Gasteiger partial charge on any atom is -0.480 e. The molecule has 0 saturated carbocycles. The molecule has 9 heteroatoms. The van der Waals surface area contributed by atoms with Gasteiger partial charge in [-0.2, -0.15) is 0 Å². The molecule has 0 aromatic heterocycles. The first-order valence-electron chi connectivity index (χ1n) is 24.0. The Hall–Kier alpha value is -3.20. The molecule has 4 N–H and O–H groups in total. The normalized spacial score (nSPS) is 12.9. The second-order valence-electron chi connectivity index (χ2n) is 16.2. The van der Waals surface area contributed by atoms with Crippen LogP contribution < -0.4 is 10.6 Å². The van der Waals surface area contributed by atoms with E-state index in [9.17, 15) is 19.2 Å². The van der Waals surface area contributed by atoms with Crippen LogP contribution in [-0.4, -0.2) is 59.3 Å². The van der Waals surface area contributed by atoms with Crippen LogP contribution in [-0.2, 0) is 23.9 Å². The van der Waals surface area contributed by atoms with Crippen molar-refractivity contribution in [2.45, 2.75) is 231 Å². The van der Waals surface area contributed by atoms with E-state index in [1.807, 2.05) is 6.08 Å². The van der Waals surface area contributed by atoms with Crippen LogP contribution in [0.2, 0.25) is 0 Å². The fourth-order valence-electron chi connectivity index (χ4n) is 6.81. The molecule has 0 saturated heterocycles. The first-order valence-corrected chi connectivity index (χ1v) is 24.0. The van der Waals surface area contributed by atoms with E-state index in [4.69, 9.17) is 14.9 Å². The molecule has 59 heavy (non-hydrogen) atoms. The lowest BCUT2D eigenvalue weighted by atomic mass is 10.0. The molecule has 0 radical (unpaired) electrons. The lowest BCUT2D eigenvalue weighted by Gasteiger charge is -2.15. The quantitative estimate of drug-likeness (QED) is 0.0272. The molecule has 9 nitrogen and oxygen atoms in total. The molecule has 2 amide bonds. The average Bonchev–Trinajstić information content (AvgIpc) is 3.22. The Morgan fingerprint density at radius 1 is 0.525 bits per heavy atom. The molecule has 0 aliphatic heterocycles. The molecule has 0 aliphatic rings. The molecule has 0 heterocycles. The SMILES string of the molecule is CCCCCC/C=C\C/C=C\C(CCCCCCC(=O)NCC(=O)NC(CO)C(=O)O)OC(=O)CCCCCCCCCCCCC/C=C\C/C=C\CCCCCCC. The number of carboxylic acids is 1. The number of hydrogen-bond acceptors (Lipinski definition) is 6. The molecular formula is C50H88N2O7. The third-order valence-electron chi connectivity index (χ3n) is 10.5. The number of carbonyl (C=O) groups is 4. The smallest absolute Gasteiger partial charge is 0.328 e. The monoisotopic (exact) mass is 829 g/mol. The van der Waals surface area contributed by atoms with Crippen molar-refractivity contribution in [3.8, 4) is 0 Å². The summed E-state index contributed by atoms with van der Waals surface area (Å²) < 4.78 is 5.91. The molecule has 340 valence electrons. The van der Waals surface area contributed by atoms with Crippen molar-refractivity contribution < 1.29 is 34.1 Å². The molecule has 0 aromatic carbocycles. The largest absolute Gasteiger partial charge is 0.480 e. The van der Waals surface area contributed by atoms with Crippen molar-refractivity contribution in [3.05, 3.63) is 48.6 Å². The van der Waals surface area contributed by atoms with Gasteiger partial charge in [-0.25, -0.2) is 4.79 Å². The van der Waals surface area contributed by atoms with Crippen molar-refractivity contribution in [3.63, 3.8) is 0 Å². The highest BCUT2D eigenvalue weighted by atomic mass is 16.5. The van der Waals surface area contributed by atoms with E-state index in [1.54, 1.807) is 0 Å². The molecule has 0 rings (SSSR count). The van der Waals surface area contributed by atoms with Crippen molar-refractivity contribution in [1.82, 2.24) is 10.6 Å². The van der Waals surface area contributed by atoms with Crippen molar-refractivity contribution in [2.75, 3.05) is 13.2 Å². The van der Waals surface area contributed by atoms with Gasteiger partial charge in [-0.15, -0.1) is 0 Å². The van der Waals surface area contributed by atoms with E-state index < -0.39 is 24.5 Å². The number of esters is 1. The zero-order valence-electron chi connectivity index (χ0n) is 37.8. The molecule has 0 spiro atoms. The molecule has 2 unspecified atom stereocenters. The number of carboxylic acid groups (broad SMARTS) is 1. The van der Waals surface area contributed by atoms with E-state index in [1.165, 1.54) is 128 Å². The minimum absolute atomic E-state index is 0.128. The van der Waals surface area contributed by atoms with Crippen molar-refractivity contribution in [2.24, 2.45) is 0 Å². The number of amides is 2. The number of aliphatic hydroxyl groups is 1. The first-order chi connectivity index (χ1) is 28.8. The summed E-state index contributed by atoms with van der Waals surface area (Å²) in [6.45, 7) is 3.42.